The topological polar surface area (TPSA) is 138 Å². The number of H-pyrrole nitrogens is 1. The van der Waals surface area contributed by atoms with Gasteiger partial charge in [-0.2, -0.15) is 14.7 Å². The third-order valence-corrected chi connectivity index (χ3v) is 7.25. The summed E-state index contributed by atoms with van der Waals surface area (Å²) in [7, 11) is 0. The molecule has 0 bridgehead atoms. The maximum Gasteiger partial charge on any atom is 0.269 e. The van der Waals surface area contributed by atoms with Crippen molar-refractivity contribution in [2.45, 2.75) is 6.04 Å². The van der Waals surface area contributed by atoms with Crippen LogP contribution in [0.3, 0.4) is 0 Å². The maximum absolute atomic E-state index is 14.2. The van der Waals surface area contributed by atoms with Gasteiger partial charge in [0, 0.05) is 26.9 Å². The van der Waals surface area contributed by atoms with Crippen LogP contribution in [-0.4, -0.2) is 26.4 Å². The summed E-state index contributed by atoms with van der Waals surface area (Å²) in [5, 5.41) is 20.5. The summed E-state index contributed by atoms with van der Waals surface area (Å²) < 4.78 is 19.2. The molecule has 1 unspecified atom stereocenters. The van der Waals surface area contributed by atoms with Crippen molar-refractivity contribution in [1.82, 2.24) is 19.9 Å². The molecule has 0 aliphatic carbocycles. The molecule has 2 aromatic heterocycles. The Labute approximate surface area is 205 Å². The molecule has 1 aliphatic rings. The van der Waals surface area contributed by atoms with Gasteiger partial charge in [-0.1, -0.05) is 23.7 Å². The second kappa shape index (κ2) is 7.59. The van der Waals surface area contributed by atoms with Gasteiger partial charge in [0.2, 0.25) is 0 Å². The summed E-state index contributed by atoms with van der Waals surface area (Å²) in [6, 6.07) is 12.3. The average molecular weight is 503 g/mol. The molecule has 0 saturated carbocycles. The predicted molar refractivity (Wildman–Crippen MR) is 129 cm³/mol. The first-order valence-corrected chi connectivity index (χ1v) is 11.4. The van der Waals surface area contributed by atoms with Gasteiger partial charge < -0.3 is 11.1 Å². The lowest BCUT2D eigenvalue weighted by Gasteiger charge is -2.18. The Morgan fingerprint density at radius 1 is 1.23 bits per heavy atom. The highest BCUT2D eigenvalue weighted by Gasteiger charge is 2.37. The van der Waals surface area contributed by atoms with Crippen LogP contribution in [0.15, 0.2) is 42.5 Å². The van der Waals surface area contributed by atoms with E-state index in [4.69, 9.17) is 17.3 Å². The number of nitrogens with one attached hydrogen (secondary N) is 2. The van der Waals surface area contributed by atoms with E-state index in [0.717, 1.165) is 16.2 Å². The summed E-state index contributed by atoms with van der Waals surface area (Å²) in [5.41, 5.74) is 8.45. The first-order valence-electron chi connectivity index (χ1n) is 10.3. The normalized spacial score (nSPS) is 14.8. The molecule has 35 heavy (non-hydrogen) atoms. The van der Waals surface area contributed by atoms with Gasteiger partial charge in [-0.05, 0) is 53.0 Å². The van der Waals surface area contributed by atoms with E-state index in [0.29, 0.717) is 38.5 Å². The number of halogens is 2. The first-order chi connectivity index (χ1) is 16.9. The minimum atomic E-state index is -0.798. The second-order valence-electron chi connectivity index (χ2n) is 7.97. The van der Waals surface area contributed by atoms with Crippen molar-refractivity contribution in [2.24, 2.45) is 5.73 Å². The SMILES string of the molecule is N#Cc1n[nH]c2c3c(c(-c4cccc5snc(C(N)=O)c45)cc12)C(c1cc(F)ccc1Cl)NC3=O. The highest BCUT2D eigenvalue weighted by molar-refractivity contribution is 7.13. The largest absolute Gasteiger partial charge is 0.364 e. The smallest absolute Gasteiger partial charge is 0.269 e. The number of hydrogen-bond donors (Lipinski definition) is 3. The molecule has 170 valence electrons. The van der Waals surface area contributed by atoms with Gasteiger partial charge in [0.25, 0.3) is 11.8 Å². The van der Waals surface area contributed by atoms with Crippen LogP contribution in [0, 0.1) is 17.1 Å². The predicted octanol–water partition coefficient (Wildman–Crippen LogP) is 4.44. The van der Waals surface area contributed by atoms with E-state index in [1.807, 2.05) is 12.1 Å². The number of amides is 2. The third-order valence-electron chi connectivity index (χ3n) is 6.09. The number of hydrogen-bond acceptors (Lipinski definition) is 6. The van der Waals surface area contributed by atoms with Gasteiger partial charge in [0.05, 0.1) is 21.8 Å². The van der Waals surface area contributed by atoms with E-state index in [2.05, 4.69) is 19.9 Å². The number of nitrogens with two attached hydrogens (primary N) is 1. The molecule has 11 heteroatoms. The standard InChI is InChI=1S/C24H12ClFN6O2S/c25-14-5-4-9(26)6-12(14)20-18-11(10-2-1-3-16-17(10)22(23(28)33)32-35-16)7-13-15(8-27)30-31-21(13)19(18)24(34)29-20/h1-7,20H,(H2,28,33)(H,29,34)(H,30,31). The Morgan fingerprint density at radius 3 is 2.83 bits per heavy atom. The molecule has 8 nitrogen and oxygen atoms in total. The lowest BCUT2D eigenvalue weighted by atomic mass is 9.87. The molecule has 3 heterocycles. The van der Waals surface area contributed by atoms with E-state index < -0.39 is 23.7 Å². The second-order valence-corrected chi connectivity index (χ2v) is 9.18. The first kappa shape index (κ1) is 21.2. The van der Waals surface area contributed by atoms with Crippen molar-refractivity contribution >= 4 is 55.9 Å². The van der Waals surface area contributed by atoms with Crippen LogP contribution in [-0.2, 0) is 0 Å². The summed E-state index contributed by atoms with van der Waals surface area (Å²) >= 11 is 7.55. The molecule has 6 rings (SSSR count). The summed E-state index contributed by atoms with van der Waals surface area (Å²) in [6.45, 7) is 0. The Bertz CT molecular complexity index is 1790. The fraction of sp³-hybridized carbons (Fsp3) is 0.0417. The molecule has 0 fully saturated rings. The summed E-state index contributed by atoms with van der Waals surface area (Å²) in [6.07, 6.45) is 0. The van der Waals surface area contributed by atoms with Crippen molar-refractivity contribution in [2.75, 3.05) is 0 Å². The Hall–Kier alpha value is -4.33. The molecular formula is C24H12ClFN6O2S. The van der Waals surface area contributed by atoms with E-state index in [1.165, 1.54) is 18.2 Å². The fourth-order valence-electron chi connectivity index (χ4n) is 4.65. The van der Waals surface area contributed by atoms with Crippen molar-refractivity contribution in [3.05, 3.63) is 81.4 Å². The number of aromatic amines is 1. The highest BCUT2D eigenvalue weighted by Crippen LogP contribution is 2.46. The number of carbonyl (C=O) groups is 2. The lowest BCUT2D eigenvalue weighted by molar-refractivity contribution is 0.0960. The monoisotopic (exact) mass is 502 g/mol. The number of aromatic nitrogens is 3. The molecule has 1 atom stereocenters. The molecule has 3 aromatic carbocycles. The molecular weight excluding hydrogens is 491 g/mol. The van der Waals surface area contributed by atoms with Crippen LogP contribution in [0.4, 0.5) is 4.39 Å². The number of nitriles is 1. The van der Waals surface area contributed by atoms with Gasteiger partial charge in [0.1, 0.15) is 17.6 Å². The van der Waals surface area contributed by atoms with Gasteiger partial charge in [-0.15, -0.1) is 0 Å². The van der Waals surface area contributed by atoms with Crippen LogP contribution in [0.25, 0.3) is 32.1 Å². The van der Waals surface area contributed by atoms with Crippen LogP contribution in [0.5, 0.6) is 0 Å². The minimum Gasteiger partial charge on any atom is -0.364 e. The van der Waals surface area contributed by atoms with Crippen molar-refractivity contribution < 1.29 is 14.0 Å². The number of carbonyl (C=O) groups excluding carboxylic acids is 2. The molecule has 5 aromatic rings. The number of rotatable bonds is 3. The van der Waals surface area contributed by atoms with Crippen LogP contribution in [0.1, 0.15) is 43.7 Å². The van der Waals surface area contributed by atoms with Gasteiger partial charge >= 0.3 is 0 Å². The summed E-state index contributed by atoms with van der Waals surface area (Å²) in [4.78, 5) is 25.4. The zero-order chi connectivity index (χ0) is 24.4. The molecule has 4 N–H and O–H groups in total. The molecule has 0 saturated heterocycles. The van der Waals surface area contributed by atoms with Gasteiger partial charge in [0.15, 0.2) is 5.69 Å². The number of nitrogens with zero attached hydrogens (tertiary/aromatic N) is 3. The third kappa shape index (κ3) is 3.02. The number of benzene rings is 3. The zero-order valence-corrected chi connectivity index (χ0v) is 19.1. The summed E-state index contributed by atoms with van der Waals surface area (Å²) in [5.74, 6) is -1.64. The molecule has 1 aliphatic heterocycles. The highest BCUT2D eigenvalue weighted by atomic mass is 35.5. The molecule has 0 radical (unpaired) electrons. The Morgan fingerprint density at radius 2 is 2.06 bits per heavy atom. The van der Waals surface area contributed by atoms with Crippen molar-refractivity contribution in [3.8, 4) is 17.2 Å². The Balaban J connectivity index is 1.77. The van der Waals surface area contributed by atoms with Crippen molar-refractivity contribution in [1.29, 1.82) is 5.26 Å². The van der Waals surface area contributed by atoms with E-state index in [1.54, 1.807) is 18.2 Å². The quantitative estimate of drug-likeness (QED) is 0.335. The minimum absolute atomic E-state index is 0.0970. The maximum atomic E-state index is 14.2. The number of fused-ring (bicyclic) bond motifs is 4. The van der Waals surface area contributed by atoms with Gasteiger partial charge in [-0.3, -0.25) is 14.7 Å². The zero-order valence-electron chi connectivity index (χ0n) is 17.5. The van der Waals surface area contributed by atoms with Crippen LogP contribution in [0.2, 0.25) is 5.02 Å². The van der Waals surface area contributed by atoms with Gasteiger partial charge in [-0.25, -0.2) is 4.39 Å². The fourth-order valence-corrected chi connectivity index (χ4v) is 5.68. The van der Waals surface area contributed by atoms with Crippen LogP contribution >= 0.6 is 23.1 Å². The molecule has 0 spiro atoms. The van der Waals surface area contributed by atoms with E-state index in [9.17, 15) is 19.2 Å². The van der Waals surface area contributed by atoms with E-state index >= 15 is 0 Å². The van der Waals surface area contributed by atoms with Crippen LogP contribution < -0.4 is 11.1 Å². The van der Waals surface area contributed by atoms with Crippen molar-refractivity contribution in [3.63, 3.8) is 0 Å². The lowest BCUT2D eigenvalue weighted by Crippen LogP contribution is -2.20. The van der Waals surface area contributed by atoms with E-state index in [-0.39, 0.29) is 22.0 Å². The average Bonchev–Trinajstić information content (AvgIpc) is 3.55. The molecule has 2 amide bonds. The Kier molecular flexibility index (Phi) is 4.60. The number of primary amides is 1.